The van der Waals surface area contributed by atoms with Crippen LogP contribution in [0.15, 0.2) is 36.4 Å². The second-order valence-corrected chi connectivity index (χ2v) is 6.44. The van der Waals surface area contributed by atoms with Gasteiger partial charge in [-0.3, -0.25) is 0 Å². The van der Waals surface area contributed by atoms with E-state index in [9.17, 15) is 9.90 Å². The van der Waals surface area contributed by atoms with Gasteiger partial charge in [0.25, 0.3) is 0 Å². The molecule has 21 heavy (non-hydrogen) atoms. The minimum absolute atomic E-state index is 0.379. The summed E-state index contributed by atoms with van der Waals surface area (Å²) in [6, 6.07) is 12.0. The molecule has 4 rings (SSSR count). The first kappa shape index (κ1) is 12.7. The fourth-order valence-electron chi connectivity index (χ4n) is 4.23. The van der Waals surface area contributed by atoms with Crippen LogP contribution in [0, 0.1) is 11.8 Å². The van der Waals surface area contributed by atoms with Crippen LogP contribution in [0.25, 0.3) is 10.8 Å². The van der Waals surface area contributed by atoms with Crippen LogP contribution >= 0.6 is 0 Å². The molecule has 0 spiro atoms. The lowest BCUT2D eigenvalue weighted by Crippen LogP contribution is -2.25. The predicted molar refractivity (Wildman–Crippen MR) is 83.8 cm³/mol. The lowest BCUT2D eigenvalue weighted by molar-refractivity contribution is 0.0699. The molecule has 3 nitrogen and oxygen atoms in total. The quantitative estimate of drug-likeness (QED) is 0.889. The van der Waals surface area contributed by atoms with Gasteiger partial charge in [0, 0.05) is 17.1 Å². The van der Waals surface area contributed by atoms with Crippen LogP contribution in [0.4, 0.5) is 5.69 Å². The number of fused-ring (bicyclic) bond motifs is 3. The van der Waals surface area contributed by atoms with Gasteiger partial charge in [-0.25, -0.2) is 4.79 Å². The third-order valence-corrected chi connectivity index (χ3v) is 5.23. The minimum atomic E-state index is -0.863. The highest BCUT2D eigenvalue weighted by Crippen LogP contribution is 2.46. The molecule has 2 aromatic rings. The van der Waals surface area contributed by atoms with Crippen molar-refractivity contribution in [1.82, 2.24) is 0 Å². The molecule has 2 N–H and O–H groups in total. The Morgan fingerprint density at radius 2 is 1.86 bits per heavy atom. The third kappa shape index (κ3) is 2.08. The summed E-state index contributed by atoms with van der Waals surface area (Å²) in [6.07, 6.45) is 5.36. The van der Waals surface area contributed by atoms with E-state index >= 15 is 0 Å². The van der Waals surface area contributed by atoms with Crippen molar-refractivity contribution < 1.29 is 9.90 Å². The average Bonchev–Trinajstić information content (AvgIpc) is 3.10. The SMILES string of the molecule is O=C(O)c1ccc(NC2CC3CCC2C3)c2ccccc12. The molecule has 108 valence electrons. The van der Waals surface area contributed by atoms with Crippen LogP contribution < -0.4 is 5.32 Å². The monoisotopic (exact) mass is 281 g/mol. The number of benzene rings is 2. The zero-order chi connectivity index (χ0) is 14.4. The van der Waals surface area contributed by atoms with Crippen molar-refractivity contribution >= 4 is 22.4 Å². The van der Waals surface area contributed by atoms with Gasteiger partial charge in [-0.2, -0.15) is 0 Å². The third-order valence-electron chi connectivity index (χ3n) is 5.23. The summed E-state index contributed by atoms with van der Waals surface area (Å²) in [6.45, 7) is 0. The zero-order valence-corrected chi connectivity index (χ0v) is 11.9. The van der Waals surface area contributed by atoms with Gasteiger partial charge in [0.1, 0.15) is 0 Å². The van der Waals surface area contributed by atoms with Gasteiger partial charge in [0.05, 0.1) is 5.56 Å². The van der Waals surface area contributed by atoms with Gasteiger partial charge in [-0.1, -0.05) is 30.7 Å². The molecule has 0 heterocycles. The standard InChI is InChI=1S/C18H19NO2/c20-18(21)15-7-8-16(14-4-2-1-3-13(14)15)19-17-10-11-5-6-12(17)9-11/h1-4,7-8,11-12,17,19H,5-6,9-10H2,(H,20,21). The molecular formula is C18H19NO2. The molecule has 0 aromatic heterocycles. The molecule has 2 fully saturated rings. The van der Waals surface area contributed by atoms with Gasteiger partial charge in [-0.15, -0.1) is 0 Å². The van der Waals surface area contributed by atoms with Gasteiger partial charge < -0.3 is 10.4 Å². The molecule has 2 saturated carbocycles. The molecule has 2 aliphatic carbocycles. The van der Waals surface area contributed by atoms with Crippen molar-refractivity contribution in [3.05, 3.63) is 42.0 Å². The lowest BCUT2D eigenvalue weighted by atomic mass is 9.94. The molecule has 0 saturated heterocycles. The molecule has 0 amide bonds. The number of hydrogen-bond acceptors (Lipinski definition) is 2. The smallest absolute Gasteiger partial charge is 0.336 e. The Morgan fingerprint density at radius 1 is 1.05 bits per heavy atom. The molecule has 0 radical (unpaired) electrons. The Bertz CT molecular complexity index is 709. The second kappa shape index (κ2) is 4.76. The molecule has 3 unspecified atom stereocenters. The first-order chi connectivity index (χ1) is 10.2. The van der Waals surface area contributed by atoms with E-state index in [2.05, 4.69) is 5.32 Å². The molecule has 3 atom stereocenters. The normalized spacial score (nSPS) is 27.1. The molecule has 3 heteroatoms. The number of hydrogen-bond donors (Lipinski definition) is 2. The van der Waals surface area contributed by atoms with Crippen LogP contribution in [0.1, 0.15) is 36.0 Å². The summed E-state index contributed by atoms with van der Waals surface area (Å²) < 4.78 is 0. The number of carbonyl (C=O) groups is 1. The average molecular weight is 281 g/mol. The van der Waals surface area contributed by atoms with E-state index in [1.54, 1.807) is 6.07 Å². The van der Waals surface area contributed by atoms with E-state index in [4.69, 9.17) is 0 Å². The first-order valence-electron chi connectivity index (χ1n) is 7.74. The number of carboxylic acids is 1. The first-order valence-corrected chi connectivity index (χ1v) is 7.74. The van der Waals surface area contributed by atoms with E-state index in [0.29, 0.717) is 11.6 Å². The van der Waals surface area contributed by atoms with Gasteiger partial charge in [-0.05, 0) is 48.6 Å². The van der Waals surface area contributed by atoms with Gasteiger partial charge >= 0.3 is 5.97 Å². The van der Waals surface area contributed by atoms with Gasteiger partial charge in [0.15, 0.2) is 0 Å². The van der Waals surface area contributed by atoms with Crippen LogP contribution in [0.3, 0.4) is 0 Å². The Hall–Kier alpha value is -2.03. The Balaban J connectivity index is 1.72. The summed E-state index contributed by atoms with van der Waals surface area (Å²) in [7, 11) is 0. The molecule has 2 bridgehead atoms. The number of nitrogens with one attached hydrogen (secondary N) is 1. The van der Waals surface area contributed by atoms with Crippen molar-refractivity contribution in [2.24, 2.45) is 11.8 Å². The highest BCUT2D eigenvalue weighted by Gasteiger charge is 2.39. The zero-order valence-electron chi connectivity index (χ0n) is 11.9. The fourth-order valence-corrected chi connectivity index (χ4v) is 4.23. The molecular weight excluding hydrogens is 262 g/mol. The number of aromatic carboxylic acids is 1. The maximum atomic E-state index is 11.4. The van der Waals surface area contributed by atoms with Crippen LogP contribution in [0.5, 0.6) is 0 Å². The summed E-state index contributed by atoms with van der Waals surface area (Å²) in [5, 5.41) is 14.8. The highest BCUT2D eigenvalue weighted by atomic mass is 16.4. The Labute approximate surface area is 124 Å². The molecule has 0 aliphatic heterocycles. The number of rotatable bonds is 3. The van der Waals surface area contributed by atoms with Crippen LogP contribution in [-0.4, -0.2) is 17.1 Å². The van der Waals surface area contributed by atoms with E-state index in [-0.39, 0.29) is 0 Å². The van der Waals surface area contributed by atoms with Gasteiger partial charge in [0.2, 0.25) is 0 Å². The number of anilines is 1. The molecule has 2 aromatic carbocycles. The van der Waals surface area contributed by atoms with E-state index in [0.717, 1.165) is 28.3 Å². The van der Waals surface area contributed by atoms with E-state index < -0.39 is 5.97 Å². The van der Waals surface area contributed by atoms with E-state index in [1.165, 1.54) is 25.7 Å². The maximum Gasteiger partial charge on any atom is 0.336 e. The highest BCUT2D eigenvalue weighted by molar-refractivity contribution is 6.07. The Kier molecular flexibility index (Phi) is 2.88. The Morgan fingerprint density at radius 3 is 2.52 bits per heavy atom. The summed E-state index contributed by atoms with van der Waals surface area (Å²) >= 11 is 0. The fraction of sp³-hybridized carbons (Fsp3) is 0.389. The van der Waals surface area contributed by atoms with Crippen molar-refractivity contribution in [3.8, 4) is 0 Å². The van der Waals surface area contributed by atoms with Crippen molar-refractivity contribution in [3.63, 3.8) is 0 Å². The second-order valence-electron chi connectivity index (χ2n) is 6.44. The van der Waals surface area contributed by atoms with Crippen LogP contribution in [0.2, 0.25) is 0 Å². The van der Waals surface area contributed by atoms with Crippen molar-refractivity contribution in [1.29, 1.82) is 0 Å². The number of carboxylic acid groups (broad SMARTS) is 1. The topological polar surface area (TPSA) is 49.3 Å². The van der Waals surface area contributed by atoms with Crippen molar-refractivity contribution in [2.45, 2.75) is 31.7 Å². The summed E-state index contributed by atoms with van der Waals surface area (Å²) in [5.41, 5.74) is 1.46. The van der Waals surface area contributed by atoms with Crippen LogP contribution in [-0.2, 0) is 0 Å². The summed E-state index contributed by atoms with van der Waals surface area (Å²) in [5.74, 6) is 0.836. The summed E-state index contributed by atoms with van der Waals surface area (Å²) in [4.78, 5) is 11.4. The minimum Gasteiger partial charge on any atom is -0.478 e. The molecule has 2 aliphatic rings. The largest absolute Gasteiger partial charge is 0.478 e. The maximum absolute atomic E-state index is 11.4. The van der Waals surface area contributed by atoms with Crippen molar-refractivity contribution in [2.75, 3.05) is 5.32 Å². The van der Waals surface area contributed by atoms with E-state index in [1.807, 2.05) is 30.3 Å². The lowest BCUT2D eigenvalue weighted by Gasteiger charge is -2.25. The predicted octanol–water partition coefficient (Wildman–Crippen LogP) is 4.14.